The zero-order valence-electron chi connectivity index (χ0n) is 11.1. The highest BCUT2D eigenvalue weighted by atomic mass is 16.5. The molecule has 0 saturated carbocycles. The summed E-state index contributed by atoms with van der Waals surface area (Å²) in [6.45, 7) is 2.37. The monoisotopic (exact) mass is 269 g/mol. The van der Waals surface area contributed by atoms with Gasteiger partial charge in [-0.25, -0.2) is 5.43 Å². The fourth-order valence-corrected chi connectivity index (χ4v) is 1.61. The number of amides is 1. The number of hydrogen-bond donors (Lipinski definition) is 1. The number of hydrogen-bond acceptors (Lipinski definition) is 4. The molecule has 0 aliphatic rings. The summed E-state index contributed by atoms with van der Waals surface area (Å²) in [6.07, 6.45) is 3.15. The van der Waals surface area contributed by atoms with Gasteiger partial charge in [-0.3, -0.25) is 9.78 Å². The maximum atomic E-state index is 12.0. The van der Waals surface area contributed by atoms with E-state index < -0.39 is 0 Å². The SMILES string of the molecule is CCOc1ccccc1C(=O)N/N=C\c1ccccn1. The highest BCUT2D eigenvalue weighted by molar-refractivity contribution is 5.97. The Morgan fingerprint density at radius 3 is 2.85 bits per heavy atom. The number of pyridine rings is 1. The molecule has 0 aliphatic heterocycles. The van der Waals surface area contributed by atoms with E-state index in [4.69, 9.17) is 4.74 Å². The van der Waals surface area contributed by atoms with Crippen LogP contribution in [-0.2, 0) is 0 Å². The van der Waals surface area contributed by atoms with Crippen molar-refractivity contribution >= 4 is 12.1 Å². The van der Waals surface area contributed by atoms with Gasteiger partial charge in [0.1, 0.15) is 5.75 Å². The lowest BCUT2D eigenvalue weighted by Gasteiger charge is -2.07. The lowest BCUT2D eigenvalue weighted by Crippen LogP contribution is -2.18. The van der Waals surface area contributed by atoms with Crippen LogP contribution in [0.1, 0.15) is 23.0 Å². The van der Waals surface area contributed by atoms with Crippen LogP contribution in [0.15, 0.2) is 53.8 Å². The van der Waals surface area contributed by atoms with Crippen LogP contribution in [-0.4, -0.2) is 23.7 Å². The van der Waals surface area contributed by atoms with Crippen LogP contribution in [0.5, 0.6) is 5.75 Å². The van der Waals surface area contributed by atoms with E-state index in [-0.39, 0.29) is 5.91 Å². The van der Waals surface area contributed by atoms with Gasteiger partial charge in [-0.15, -0.1) is 0 Å². The average molecular weight is 269 g/mol. The molecule has 5 nitrogen and oxygen atoms in total. The van der Waals surface area contributed by atoms with Gasteiger partial charge in [0, 0.05) is 6.20 Å². The van der Waals surface area contributed by atoms with Crippen molar-refractivity contribution in [1.29, 1.82) is 0 Å². The van der Waals surface area contributed by atoms with Crippen molar-refractivity contribution in [3.05, 3.63) is 59.9 Å². The number of carbonyl (C=O) groups excluding carboxylic acids is 1. The smallest absolute Gasteiger partial charge is 0.275 e. The maximum Gasteiger partial charge on any atom is 0.275 e. The third kappa shape index (κ3) is 3.65. The highest BCUT2D eigenvalue weighted by Gasteiger charge is 2.10. The number of nitrogens with zero attached hydrogens (tertiary/aromatic N) is 2. The Kier molecular flexibility index (Phi) is 4.83. The minimum Gasteiger partial charge on any atom is -0.493 e. The lowest BCUT2D eigenvalue weighted by atomic mass is 10.2. The molecule has 1 heterocycles. The number of ether oxygens (including phenoxy) is 1. The van der Waals surface area contributed by atoms with Crippen molar-refractivity contribution in [2.24, 2.45) is 5.10 Å². The van der Waals surface area contributed by atoms with Crippen molar-refractivity contribution in [2.45, 2.75) is 6.92 Å². The maximum absolute atomic E-state index is 12.0. The predicted octanol–water partition coefficient (Wildman–Crippen LogP) is 2.24. The van der Waals surface area contributed by atoms with Crippen LogP contribution in [0, 0.1) is 0 Å². The number of carbonyl (C=O) groups is 1. The largest absolute Gasteiger partial charge is 0.493 e. The summed E-state index contributed by atoms with van der Waals surface area (Å²) in [4.78, 5) is 16.1. The normalized spacial score (nSPS) is 10.4. The van der Waals surface area contributed by atoms with E-state index in [1.54, 1.807) is 30.5 Å². The fourth-order valence-electron chi connectivity index (χ4n) is 1.61. The second-order valence-corrected chi connectivity index (χ2v) is 3.88. The Balaban J connectivity index is 2.04. The third-order valence-electron chi connectivity index (χ3n) is 2.48. The average Bonchev–Trinajstić information content (AvgIpc) is 2.49. The summed E-state index contributed by atoms with van der Waals surface area (Å²) in [7, 11) is 0. The molecular formula is C15H15N3O2. The molecule has 5 heteroatoms. The van der Waals surface area contributed by atoms with Crippen LogP contribution in [0.4, 0.5) is 0 Å². The Bertz CT molecular complexity index is 597. The quantitative estimate of drug-likeness (QED) is 0.669. The van der Waals surface area contributed by atoms with Crippen LogP contribution in [0.25, 0.3) is 0 Å². The van der Waals surface area contributed by atoms with Crippen LogP contribution in [0.3, 0.4) is 0 Å². The van der Waals surface area contributed by atoms with Gasteiger partial charge >= 0.3 is 0 Å². The molecule has 0 spiro atoms. The van der Waals surface area contributed by atoms with Crippen molar-refractivity contribution in [3.8, 4) is 5.75 Å². The second kappa shape index (κ2) is 7.04. The van der Waals surface area contributed by atoms with Gasteiger partial charge in [-0.1, -0.05) is 18.2 Å². The summed E-state index contributed by atoms with van der Waals surface area (Å²) in [5.41, 5.74) is 3.58. The number of benzene rings is 1. The lowest BCUT2D eigenvalue weighted by molar-refractivity contribution is 0.0951. The van der Waals surface area contributed by atoms with Crippen molar-refractivity contribution in [1.82, 2.24) is 10.4 Å². The minimum absolute atomic E-state index is 0.318. The Morgan fingerprint density at radius 1 is 1.30 bits per heavy atom. The number of rotatable bonds is 5. The third-order valence-corrected chi connectivity index (χ3v) is 2.48. The predicted molar refractivity (Wildman–Crippen MR) is 76.9 cm³/mol. The van der Waals surface area contributed by atoms with Crippen LogP contribution in [0.2, 0.25) is 0 Å². The number of hydrazone groups is 1. The Morgan fingerprint density at radius 2 is 2.10 bits per heavy atom. The molecule has 0 radical (unpaired) electrons. The van der Waals surface area contributed by atoms with Crippen molar-refractivity contribution in [2.75, 3.05) is 6.61 Å². The summed E-state index contributed by atoms with van der Waals surface area (Å²) in [5, 5.41) is 3.88. The minimum atomic E-state index is -0.318. The first-order valence-corrected chi connectivity index (χ1v) is 6.27. The number of aromatic nitrogens is 1. The van der Waals surface area contributed by atoms with Gasteiger partial charge in [0.25, 0.3) is 5.91 Å². The molecule has 0 atom stereocenters. The molecule has 102 valence electrons. The summed E-state index contributed by atoms with van der Waals surface area (Å²) >= 11 is 0. The van der Waals surface area contributed by atoms with Gasteiger partial charge in [0.15, 0.2) is 0 Å². The topological polar surface area (TPSA) is 63.6 Å². The Labute approximate surface area is 117 Å². The number of nitrogens with one attached hydrogen (secondary N) is 1. The zero-order chi connectivity index (χ0) is 14.2. The first kappa shape index (κ1) is 13.7. The highest BCUT2D eigenvalue weighted by Crippen LogP contribution is 2.17. The first-order chi connectivity index (χ1) is 9.81. The fraction of sp³-hybridized carbons (Fsp3) is 0.133. The van der Waals surface area contributed by atoms with Gasteiger partial charge in [0.2, 0.25) is 0 Å². The summed E-state index contributed by atoms with van der Waals surface area (Å²) in [5.74, 6) is 0.224. The Hall–Kier alpha value is -2.69. The number of para-hydroxylation sites is 1. The van der Waals surface area contributed by atoms with E-state index in [0.717, 1.165) is 0 Å². The molecule has 0 bridgehead atoms. The van der Waals surface area contributed by atoms with Gasteiger partial charge in [-0.2, -0.15) is 5.10 Å². The van der Waals surface area contributed by atoms with Crippen molar-refractivity contribution < 1.29 is 9.53 Å². The molecule has 0 fully saturated rings. The molecule has 2 rings (SSSR count). The molecule has 2 aromatic rings. The van der Waals surface area contributed by atoms with Gasteiger partial charge < -0.3 is 4.74 Å². The van der Waals surface area contributed by atoms with E-state index in [1.807, 2.05) is 25.1 Å². The molecule has 0 saturated heterocycles. The van der Waals surface area contributed by atoms with E-state index in [9.17, 15) is 4.79 Å². The molecule has 1 aromatic carbocycles. The first-order valence-electron chi connectivity index (χ1n) is 6.27. The zero-order valence-corrected chi connectivity index (χ0v) is 11.1. The molecule has 1 aromatic heterocycles. The van der Waals surface area contributed by atoms with Crippen molar-refractivity contribution in [3.63, 3.8) is 0 Å². The second-order valence-electron chi connectivity index (χ2n) is 3.88. The molecule has 1 amide bonds. The molecule has 0 aliphatic carbocycles. The van der Waals surface area contributed by atoms with Crippen LogP contribution >= 0.6 is 0 Å². The van der Waals surface area contributed by atoms with E-state index in [1.165, 1.54) is 6.21 Å². The van der Waals surface area contributed by atoms with Gasteiger partial charge in [-0.05, 0) is 31.2 Å². The van der Waals surface area contributed by atoms with Gasteiger partial charge in [0.05, 0.1) is 24.1 Å². The summed E-state index contributed by atoms with van der Waals surface area (Å²) < 4.78 is 5.40. The molecular weight excluding hydrogens is 254 g/mol. The summed E-state index contributed by atoms with van der Waals surface area (Å²) in [6, 6.07) is 12.5. The van der Waals surface area contributed by atoms with E-state index >= 15 is 0 Å². The van der Waals surface area contributed by atoms with E-state index in [0.29, 0.717) is 23.6 Å². The molecule has 0 unspecified atom stereocenters. The molecule has 1 N–H and O–H groups in total. The van der Waals surface area contributed by atoms with Crippen LogP contribution < -0.4 is 10.2 Å². The van der Waals surface area contributed by atoms with E-state index in [2.05, 4.69) is 15.5 Å². The standard InChI is InChI=1S/C15H15N3O2/c1-2-20-14-9-4-3-8-13(14)15(19)18-17-11-12-7-5-6-10-16-12/h3-11H,2H2,1H3,(H,18,19)/b17-11-. The molecule has 20 heavy (non-hydrogen) atoms.